The van der Waals surface area contributed by atoms with Crippen molar-refractivity contribution in [2.24, 2.45) is 7.05 Å². The molecule has 5 aromatic rings. The zero-order chi connectivity index (χ0) is 22.2. The van der Waals surface area contributed by atoms with Crippen molar-refractivity contribution in [2.75, 3.05) is 0 Å². The number of hydrogen-bond donors (Lipinski definition) is 2. The Hall–Kier alpha value is -4.39. The minimum Gasteiger partial charge on any atom is -0.502 e. The molecule has 0 aliphatic carbocycles. The van der Waals surface area contributed by atoms with Crippen LogP contribution in [0, 0.1) is 0 Å². The number of amides is 1. The lowest BCUT2D eigenvalue weighted by Gasteiger charge is -2.13. The van der Waals surface area contributed by atoms with E-state index in [0.29, 0.717) is 10.9 Å². The summed E-state index contributed by atoms with van der Waals surface area (Å²) in [5, 5.41) is 13.8. The number of aromatic nitrogens is 3. The van der Waals surface area contributed by atoms with Gasteiger partial charge in [0.25, 0.3) is 11.5 Å². The zero-order valence-corrected chi connectivity index (χ0v) is 17.3. The Kier molecular flexibility index (Phi) is 4.71. The van der Waals surface area contributed by atoms with Gasteiger partial charge < -0.3 is 15.0 Å². The Labute approximate surface area is 183 Å². The molecule has 2 aromatic heterocycles. The average Bonchev–Trinajstić information content (AvgIpc) is 3.26. The maximum atomic E-state index is 13.0. The molecular weight excluding hydrogens is 404 g/mol. The summed E-state index contributed by atoms with van der Waals surface area (Å²) in [6.45, 7) is 0.238. The summed E-state index contributed by atoms with van der Waals surface area (Å²) in [6.07, 6.45) is 1.77. The van der Waals surface area contributed by atoms with E-state index in [4.69, 9.17) is 0 Å². The number of nitrogens with one attached hydrogen (secondary N) is 1. The summed E-state index contributed by atoms with van der Waals surface area (Å²) in [5.41, 5.74) is 3.65. The fraction of sp³-hybridized carbons (Fsp3) is 0.0800. The summed E-state index contributed by atoms with van der Waals surface area (Å²) in [6, 6.07) is 22.6. The van der Waals surface area contributed by atoms with Crippen molar-refractivity contribution in [3.05, 3.63) is 101 Å². The van der Waals surface area contributed by atoms with Crippen molar-refractivity contribution in [1.29, 1.82) is 0 Å². The lowest BCUT2D eigenvalue weighted by atomic mass is 10.1. The predicted octanol–water partition coefficient (Wildman–Crippen LogP) is 3.51. The number of imidazole rings is 1. The first-order valence-electron chi connectivity index (χ1n) is 10.1. The first-order chi connectivity index (χ1) is 15.5. The molecule has 0 radical (unpaired) electrons. The van der Waals surface area contributed by atoms with Gasteiger partial charge in [-0.05, 0) is 35.9 Å². The van der Waals surface area contributed by atoms with Gasteiger partial charge in [0.1, 0.15) is 6.33 Å². The van der Waals surface area contributed by atoms with Crippen molar-refractivity contribution >= 4 is 27.8 Å². The number of pyridine rings is 1. The summed E-state index contributed by atoms with van der Waals surface area (Å²) in [4.78, 5) is 29.8. The fourth-order valence-electron chi connectivity index (χ4n) is 3.96. The molecule has 0 atom stereocenters. The molecule has 32 heavy (non-hydrogen) atoms. The van der Waals surface area contributed by atoms with E-state index >= 15 is 0 Å². The second-order valence-corrected chi connectivity index (χ2v) is 7.56. The molecule has 0 saturated carbocycles. The minimum absolute atomic E-state index is 0.0135. The van der Waals surface area contributed by atoms with Gasteiger partial charge in [0.15, 0.2) is 5.75 Å². The second-order valence-electron chi connectivity index (χ2n) is 7.56. The van der Waals surface area contributed by atoms with Gasteiger partial charge in [0.2, 0.25) is 0 Å². The lowest BCUT2D eigenvalue weighted by molar-refractivity contribution is 0.0949. The van der Waals surface area contributed by atoms with E-state index in [-0.39, 0.29) is 12.1 Å². The summed E-state index contributed by atoms with van der Waals surface area (Å²) < 4.78 is 3.32. The number of hydrogen-bond acceptors (Lipinski definition) is 4. The highest BCUT2D eigenvalue weighted by Gasteiger charge is 2.20. The molecule has 0 aliphatic rings. The molecule has 0 spiro atoms. The van der Waals surface area contributed by atoms with E-state index < -0.39 is 17.2 Å². The lowest BCUT2D eigenvalue weighted by Crippen LogP contribution is -2.27. The van der Waals surface area contributed by atoms with E-state index in [1.165, 1.54) is 4.57 Å². The van der Waals surface area contributed by atoms with E-state index in [2.05, 4.69) is 10.3 Å². The normalized spacial score (nSPS) is 11.2. The molecule has 1 amide bonds. The number of benzene rings is 3. The Morgan fingerprint density at radius 2 is 1.75 bits per heavy atom. The van der Waals surface area contributed by atoms with Crippen molar-refractivity contribution in [2.45, 2.75) is 6.54 Å². The third kappa shape index (κ3) is 3.20. The van der Waals surface area contributed by atoms with Crippen LogP contribution in [0.4, 0.5) is 0 Å². The van der Waals surface area contributed by atoms with Crippen LogP contribution in [0.5, 0.6) is 5.75 Å². The number of para-hydroxylation sites is 3. The van der Waals surface area contributed by atoms with Crippen molar-refractivity contribution in [3.8, 4) is 11.4 Å². The smallest absolute Gasteiger partial charge is 0.293 e. The highest BCUT2D eigenvalue weighted by molar-refractivity contribution is 6.08. The standard InChI is InChI=1S/C25H20N4O3/c1-28-20-11-4-2-9-18(20)22(23(30)25(28)32)24(31)26-14-16-7-6-8-17(13-16)29-15-27-19-10-3-5-12-21(19)29/h2-13,15,30H,14H2,1H3,(H,26,31). The Bertz CT molecular complexity index is 1550. The molecule has 7 heteroatoms. The van der Waals surface area contributed by atoms with Crippen molar-refractivity contribution < 1.29 is 9.90 Å². The van der Waals surface area contributed by atoms with Gasteiger partial charge in [-0.25, -0.2) is 4.98 Å². The van der Waals surface area contributed by atoms with E-state index in [1.54, 1.807) is 37.6 Å². The van der Waals surface area contributed by atoms with E-state index in [1.807, 2.05) is 53.1 Å². The van der Waals surface area contributed by atoms with Crippen LogP contribution < -0.4 is 10.9 Å². The molecule has 0 saturated heterocycles. The van der Waals surface area contributed by atoms with Crippen LogP contribution in [0.3, 0.4) is 0 Å². The topological polar surface area (TPSA) is 89.1 Å². The quantitative estimate of drug-likeness (QED) is 0.462. The maximum Gasteiger partial charge on any atom is 0.293 e. The van der Waals surface area contributed by atoms with E-state index in [9.17, 15) is 14.7 Å². The van der Waals surface area contributed by atoms with Gasteiger partial charge in [-0.1, -0.05) is 42.5 Å². The zero-order valence-electron chi connectivity index (χ0n) is 17.3. The molecule has 0 bridgehead atoms. The molecule has 2 N–H and O–H groups in total. The van der Waals surface area contributed by atoms with Crippen LogP contribution in [0.2, 0.25) is 0 Å². The van der Waals surface area contributed by atoms with Gasteiger partial charge >= 0.3 is 0 Å². The Balaban J connectivity index is 1.45. The first-order valence-corrected chi connectivity index (χ1v) is 10.1. The molecular formula is C25H20N4O3. The first kappa shape index (κ1) is 19.6. The molecule has 5 rings (SSSR count). The molecule has 0 unspecified atom stereocenters. The number of carbonyl (C=O) groups excluding carboxylic acids is 1. The number of aromatic hydroxyl groups is 1. The Morgan fingerprint density at radius 1 is 1.00 bits per heavy atom. The number of aryl methyl sites for hydroxylation is 1. The number of nitrogens with zero attached hydrogens (tertiary/aromatic N) is 3. The molecule has 7 nitrogen and oxygen atoms in total. The molecule has 2 heterocycles. The van der Waals surface area contributed by atoms with Gasteiger partial charge in [-0.3, -0.25) is 14.2 Å². The van der Waals surface area contributed by atoms with Crippen molar-refractivity contribution in [1.82, 2.24) is 19.4 Å². The summed E-state index contributed by atoms with van der Waals surface area (Å²) >= 11 is 0. The number of rotatable bonds is 4. The maximum absolute atomic E-state index is 13.0. The number of carbonyl (C=O) groups is 1. The summed E-state index contributed by atoms with van der Waals surface area (Å²) in [5.74, 6) is -1.06. The van der Waals surface area contributed by atoms with Gasteiger partial charge in [0, 0.05) is 24.7 Å². The summed E-state index contributed by atoms with van der Waals surface area (Å²) in [7, 11) is 1.57. The molecule has 3 aromatic carbocycles. The Morgan fingerprint density at radius 3 is 2.59 bits per heavy atom. The SMILES string of the molecule is Cn1c(=O)c(O)c(C(=O)NCc2cccc(-n3cnc4ccccc43)c2)c2ccccc21. The van der Waals surface area contributed by atoms with Gasteiger partial charge in [-0.15, -0.1) is 0 Å². The molecule has 158 valence electrons. The van der Waals surface area contributed by atoms with Crippen LogP contribution in [0.25, 0.3) is 27.6 Å². The third-order valence-electron chi connectivity index (χ3n) is 5.60. The fourth-order valence-corrected chi connectivity index (χ4v) is 3.96. The minimum atomic E-state index is -0.608. The third-order valence-corrected chi connectivity index (χ3v) is 5.60. The number of fused-ring (bicyclic) bond motifs is 2. The second kappa shape index (κ2) is 7.70. The largest absolute Gasteiger partial charge is 0.502 e. The van der Waals surface area contributed by atoms with Crippen molar-refractivity contribution in [3.63, 3.8) is 0 Å². The van der Waals surface area contributed by atoms with Crippen LogP contribution in [-0.4, -0.2) is 25.1 Å². The highest BCUT2D eigenvalue weighted by Crippen LogP contribution is 2.24. The highest BCUT2D eigenvalue weighted by atomic mass is 16.3. The van der Waals surface area contributed by atoms with Crippen LogP contribution in [-0.2, 0) is 13.6 Å². The van der Waals surface area contributed by atoms with Gasteiger partial charge in [-0.2, -0.15) is 0 Å². The van der Waals surface area contributed by atoms with Crippen LogP contribution in [0.15, 0.2) is 83.9 Å². The monoisotopic (exact) mass is 424 g/mol. The molecule has 0 fully saturated rings. The van der Waals surface area contributed by atoms with Crippen LogP contribution in [0.1, 0.15) is 15.9 Å². The van der Waals surface area contributed by atoms with Gasteiger partial charge in [0.05, 0.1) is 22.1 Å². The average molecular weight is 424 g/mol. The van der Waals surface area contributed by atoms with E-state index in [0.717, 1.165) is 22.3 Å². The predicted molar refractivity (Wildman–Crippen MR) is 123 cm³/mol. The van der Waals surface area contributed by atoms with Crippen LogP contribution >= 0.6 is 0 Å². The molecule has 0 aliphatic heterocycles.